The predicted molar refractivity (Wildman–Crippen MR) is 107 cm³/mol. The van der Waals surface area contributed by atoms with E-state index in [1.807, 2.05) is 0 Å². The number of rotatable bonds is 5. The van der Waals surface area contributed by atoms with Crippen LogP contribution in [0, 0.1) is 12.7 Å². The molecule has 1 saturated heterocycles. The zero-order chi connectivity index (χ0) is 21.1. The van der Waals surface area contributed by atoms with Gasteiger partial charge < -0.3 is 14.8 Å². The number of carbonyl (C=O) groups excluding carboxylic acids is 1. The van der Waals surface area contributed by atoms with Crippen LogP contribution in [-0.4, -0.2) is 46.4 Å². The molecule has 1 N–H and O–H groups in total. The number of hydrogen-bond donors (Lipinski definition) is 1. The second-order valence-corrected chi connectivity index (χ2v) is 7.18. The molecule has 0 unspecified atom stereocenters. The number of amides is 1. The molecule has 4 rings (SSSR count). The number of tetrazole rings is 1. The van der Waals surface area contributed by atoms with Crippen LogP contribution in [0.2, 0.25) is 0 Å². The second kappa shape index (κ2) is 8.19. The Morgan fingerprint density at radius 3 is 2.70 bits per heavy atom. The third-order valence-corrected chi connectivity index (χ3v) is 5.45. The SMILES string of the molecule is COc1ccc(NC(=O)C2(c3cccc(F)c3)CCOCC2)cc1-n1nnnc1C. The fraction of sp³-hybridized carbons (Fsp3) is 0.333. The zero-order valence-electron chi connectivity index (χ0n) is 16.8. The number of aromatic nitrogens is 4. The number of ether oxygens (including phenoxy) is 2. The maximum Gasteiger partial charge on any atom is 0.235 e. The van der Waals surface area contributed by atoms with Crippen LogP contribution in [0.5, 0.6) is 5.75 Å². The maximum absolute atomic E-state index is 13.9. The Kier molecular flexibility index (Phi) is 5.45. The van der Waals surface area contributed by atoms with Gasteiger partial charge in [-0.25, -0.2) is 4.39 Å². The lowest BCUT2D eigenvalue weighted by Gasteiger charge is -2.36. The van der Waals surface area contributed by atoms with Crippen LogP contribution < -0.4 is 10.1 Å². The van der Waals surface area contributed by atoms with Crippen molar-refractivity contribution in [3.05, 3.63) is 59.7 Å². The highest BCUT2D eigenvalue weighted by Crippen LogP contribution is 2.37. The smallest absolute Gasteiger partial charge is 0.235 e. The number of carbonyl (C=O) groups is 1. The first-order valence-electron chi connectivity index (χ1n) is 9.62. The molecule has 1 amide bonds. The third-order valence-electron chi connectivity index (χ3n) is 5.45. The molecule has 1 aromatic heterocycles. The summed E-state index contributed by atoms with van der Waals surface area (Å²) in [4.78, 5) is 13.5. The Bertz CT molecular complexity index is 1060. The number of nitrogens with zero attached hydrogens (tertiary/aromatic N) is 4. The highest BCUT2D eigenvalue weighted by atomic mass is 19.1. The van der Waals surface area contributed by atoms with Gasteiger partial charge in [-0.1, -0.05) is 12.1 Å². The van der Waals surface area contributed by atoms with Crippen molar-refractivity contribution in [2.24, 2.45) is 0 Å². The molecule has 3 aromatic rings. The first-order valence-corrected chi connectivity index (χ1v) is 9.62. The molecule has 0 aliphatic carbocycles. The molecule has 0 radical (unpaired) electrons. The number of hydrogen-bond acceptors (Lipinski definition) is 6. The van der Waals surface area contributed by atoms with Crippen molar-refractivity contribution < 1.29 is 18.7 Å². The fourth-order valence-corrected chi connectivity index (χ4v) is 3.79. The largest absolute Gasteiger partial charge is 0.494 e. The van der Waals surface area contributed by atoms with Gasteiger partial charge in [0.05, 0.1) is 12.5 Å². The number of benzene rings is 2. The topological polar surface area (TPSA) is 91.2 Å². The van der Waals surface area contributed by atoms with Crippen LogP contribution in [0.25, 0.3) is 5.69 Å². The van der Waals surface area contributed by atoms with Crippen LogP contribution in [0.4, 0.5) is 10.1 Å². The molecule has 156 valence electrons. The summed E-state index contributed by atoms with van der Waals surface area (Å²) >= 11 is 0. The molecule has 1 fully saturated rings. The fourth-order valence-electron chi connectivity index (χ4n) is 3.79. The number of aryl methyl sites for hydroxylation is 1. The highest BCUT2D eigenvalue weighted by Gasteiger charge is 2.42. The van der Waals surface area contributed by atoms with Crippen molar-refractivity contribution in [1.82, 2.24) is 20.2 Å². The normalized spacial score (nSPS) is 15.6. The van der Waals surface area contributed by atoms with Gasteiger partial charge in [-0.15, -0.1) is 5.10 Å². The molecular weight excluding hydrogens is 389 g/mol. The van der Waals surface area contributed by atoms with Crippen LogP contribution in [0.3, 0.4) is 0 Å². The molecule has 1 aliphatic rings. The lowest BCUT2D eigenvalue weighted by molar-refractivity contribution is -0.125. The summed E-state index contributed by atoms with van der Waals surface area (Å²) < 4.78 is 26.3. The van der Waals surface area contributed by atoms with Gasteiger partial charge in [-0.2, -0.15) is 4.68 Å². The van der Waals surface area contributed by atoms with Gasteiger partial charge >= 0.3 is 0 Å². The average Bonchev–Trinajstić information content (AvgIpc) is 3.19. The van der Waals surface area contributed by atoms with E-state index < -0.39 is 5.41 Å². The standard InChI is InChI=1S/C21H22FN5O3/c1-14-24-25-26-27(14)18-13-17(6-7-19(18)29-2)23-20(28)21(8-10-30-11-9-21)15-4-3-5-16(22)12-15/h3-7,12-13H,8-11H2,1-2H3,(H,23,28). The van der Waals surface area contributed by atoms with Crippen molar-refractivity contribution in [3.8, 4) is 11.4 Å². The number of methoxy groups -OCH3 is 1. The lowest BCUT2D eigenvalue weighted by Crippen LogP contribution is -2.45. The molecule has 8 nitrogen and oxygen atoms in total. The lowest BCUT2D eigenvalue weighted by atomic mass is 9.73. The first kappa shape index (κ1) is 20.0. The molecule has 0 atom stereocenters. The van der Waals surface area contributed by atoms with Crippen molar-refractivity contribution >= 4 is 11.6 Å². The van der Waals surface area contributed by atoms with Crippen molar-refractivity contribution in [2.45, 2.75) is 25.2 Å². The summed E-state index contributed by atoms with van der Waals surface area (Å²) in [5.74, 6) is 0.569. The molecule has 0 saturated carbocycles. The first-order chi connectivity index (χ1) is 14.5. The predicted octanol–water partition coefficient (Wildman–Crippen LogP) is 2.81. The van der Waals surface area contributed by atoms with E-state index in [9.17, 15) is 9.18 Å². The van der Waals surface area contributed by atoms with E-state index in [0.29, 0.717) is 54.6 Å². The quantitative estimate of drug-likeness (QED) is 0.694. The number of anilines is 1. The minimum atomic E-state index is -0.870. The highest BCUT2D eigenvalue weighted by molar-refractivity contribution is 5.99. The van der Waals surface area contributed by atoms with Crippen molar-refractivity contribution in [3.63, 3.8) is 0 Å². The zero-order valence-corrected chi connectivity index (χ0v) is 16.8. The average molecular weight is 411 g/mol. The Labute approximate surface area is 173 Å². The van der Waals surface area contributed by atoms with Crippen LogP contribution in [-0.2, 0) is 14.9 Å². The van der Waals surface area contributed by atoms with Crippen LogP contribution in [0.15, 0.2) is 42.5 Å². The molecular formula is C21H22FN5O3. The van der Waals surface area contributed by atoms with E-state index in [-0.39, 0.29) is 11.7 Å². The molecule has 0 bridgehead atoms. The van der Waals surface area contributed by atoms with Gasteiger partial charge in [0.1, 0.15) is 17.3 Å². The molecule has 1 aliphatic heterocycles. The summed E-state index contributed by atoms with van der Waals surface area (Å²) in [5, 5.41) is 14.5. The summed E-state index contributed by atoms with van der Waals surface area (Å²) in [6, 6.07) is 11.5. The van der Waals surface area contributed by atoms with E-state index in [0.717, 1.165) is 0 Å². The summed E-state index contributed by atoms with van der Waals surface area (Å²) in [5.41, 5.74) is 0.941. The van der Waals surface area contributed by atoms with E-state index in [2.05, 4.69) is 20.8 Å². The Hall–Kier alpha value is -3.33. The van der Waals surface area contributed by atoms with E-state index >= 15 is 0 Å². The molecule has 30 heavy (non-hydrogen) atoms. The maximum atomic E-state index is 13.9. The number of halogens is 1. The molecule has 2 heterocycles. The summed E-state index contributed by atoms with van der Waals surface area (Å²) in [6.07, 6.45) is 0.939. The molecule has 0 spiro atoms. The molecule has 9 heteroatoms. The minimum absolute atomic E-state index is 0.207. The van der Waals surface area contributed by atoms with Gasteiger partial charge in [0.15, 0.2) is 5.82 Å². The van der Waals surface area contributed by atoms with Crippen molar-refractivity contribution in [1.29, 1.82) is 0 Å². The van der Waals surface area contributed by atoms with E-state index in [1.165, 1.54) is 16.8 Å². The van der Waals surface area contributed by atoms with Gasteiger partial charge in [-0.3, -0.25) is 4.79 Å². The van der Waals surface area contributed by atoms with Gasteiger partial charge in [0, 0.05) is 18.9 Å². The van der Waals surface area contributed by atoms with Gasteiger partial charge in [0.25, 0.3) is 0 Å². The van der Waals surface area contributed by atoms with Gasteiger partial charge in [0.2, 0.25) is 5.91 Å². The number of nitrogens with one attached hydrogen (secondary N) is 1. The monoisotopic (exact) mass is 411 g/mol. The third kappa shape index (κ3) is 3.63. The van der Waals surface area contributed by atoms with E-state index in [1.54, 1.807) is 44.4 Å². The Morgan fingerprint density at radius 1 is 1.23 bits per heavy atom. The summed E-state index contributed by atoms with van der Waals surface area (Å²) in [7, 11) is 1.55. The minimum Gasteiger partial charge on any atom is -0.494 e. The summed E-state index contributed by atoms with van der Waals surface area (Å²) in [6.45, 7) is 2.63. The molecule has 2 aromatic carbocycles. The van der Waals surface area contributed by atoms with Gasteiger partial charge in [-0.05, 0) is 66.1 Å². The Balaban J connectivity index is 1.69. The Morgan fingerprint density at radius 2 is 2.03 bits per heavy atom. The second-order valence-electron chi connectivity index (χ2n) is 7.18. The van der Waals surface area contributed by atoms with Crippen molar-refractivity contribution in [2.75, 3.05) is 25.6 Å². The van der Waals surface area contributed by atoms with Crippen LogP contribution >= 0.6 is 0 Å². The van der Waals surface area contributed by atoms with E-state index in [4.69, 9.17) is 9.47 Å². The van der Waals surface area contributed by atoms with Crippen LogP contribution in [0.1, 0.15) is 24.2 Å².